The van der Waals surface area contributed by atoms with Crippen molar-refractivity contribution < 1.29 is 18.3 Å². The summed E-state index contributed by atoms with van der Waals surface area (Å²) in [5.74, 6) is -0.266. The number of carbonyl (C=O) groups is 1. The normalized spacial score (nSPS) is 17.1. The van der Waals surface area contributed by atoms with Crippen LogP contribution >= 0.6 is 0 Å². The fraction of sp³-hybridized carbons (Fsp3) is 0.438. The van der Waals surface area contributed by atoms with E-state index in [4.69, 9.17) is 0 Å². The van der Waals surface area contributed by atoms with Crippen molar-refractivity contribution in [3.63, 3.8) is 0 Å². The molecule has 0 bridgehead atoms. The van der Waals surface area contributed by atoms with Crippen LogP contribution in [0.1, 0.15) is 23.2 Å². The Kier molecular flexibility index (Phi) is 5.89. The molecule has 1 aromatic carbocycles. The van der Waals surface area contributed by atoms with E-state index in [9.17, 15) is 13.6 Å². The molecule has 1 N–H and O–H groups in total. The van der Waals surface area contributed by atoms with Gasteiger partial charge >= 0.3 is 6.61 Å². The minimum Gasteiger partial charge on any atom is -0.435 e. The third-order valence-electron chi connectivity index (χ3n) is 3.63. The number of hydrogen-bond acceptors (Lipinski definition) is 4. The molecule has 1 aliphatic heterocycles. The molecule has 0 spiro atoms. The van der Waals surface area contributed by atoms with Gasteiger partial charge in [-0.15, -0.1) is 0 Å². The number of benzene rings is 1. The number of ether oxygens (including phenoxy) is 1. The lowest BCUT2D eigenvalue weighted by Gasteiger charge is -2.28. The fourth-order valence-electron chi connectivity index (χ4n) is 2.36. The molecule has 0 aromatic heterocycles. The maximum absolute atomic E-state index is 12.2. The minimum atomic E-state index is -2.90. The Balaban J connectivity index is 1.87. The van der Waals surface area contributed by atoms with E-state index in [2.05, 4.69) is 22.0 Å². The SMILES string of the molecule is CN1CCC(NC=CC(=O)c2cccc(OC(F)F)c2)CC1. The molecule has 0 radical (unpaired) electrons. The van der Waals surface area contributed by atoms with Crippen molar-refractivity contribution in [3.8, 4) is 5.75 Å². The number of carbonyl (C=O) groups excluding carboxylic acids is 1. The first-order chi connectivity index (χ1) is 10.5. The smallest absolute Gasteiger partial charge is 0.387 e. The van der Waals surface area contributed by atoms with Crippen molar-refractivity contribution in [2.75, 3.05) is 20.1 Å². The van der Waals surface area contributed by atoms with Gasteiger partial charge in [0.15, 0.2) is 5.78 Å². The van der Waals surface area contributed by atoms with E-state index in [0.717, 1.165) is 25.9 Å². The van der Waals surface area contributed by atoms with Gasteiger partial charge in [-0.25, -0.2) is 0 Å². The van der Waals surface area contributed by atoms with E-state index in [-0.39, 0.29) is 11.5 Å². The van der Waals surface area contributed by atoms with Gasteiger partial charge in [0.1, 0.15) is 5.75 Å². The van der Waals surface area contributed by atoms with Crippen molar-refractivity contribution >= 4 is 5.78 Å². The molecule has 0 unspecified atom stereocenters. The summed E-state index contributed by atoms with van der Waals surface area (Å²) >= 11 is 0. The molecule has 1 aliphatic rings. The minimum absolute atomic E-state index is 0.0162. The van der Waals surface area contributed by atoms with Gasteiger partial charge in [-0.05, 0) is 45.1 Å². The van der Waals surface area contributed by atoms with Crippen molar-refractivity contribution in [1.29, 1.82) is 0 Å². The first-order valence-corrected chi connectivity index (χ1v) is 7.25. The highest BCUT2D eigenvalue weighted by Crippen LogP contribution is 2.16. The number of halogens is 2. The van der Waals surface area contributed by atoms with Gasteiger partial charge in [0, 0.05) is 23.9 Å². The van der Waals surface area contributed by atoms with Crippen LogP contribution in [-0.4, -0.2) is 43.5 Å². The van der Waals surface area contributed by atoms with Crippen molar-refractivity contribution in [2.24, 2.45) is 0 Å². The lowest BCUT2D eigenvalue weighted by Crippen LogP contribution is -2.38. The molecule has 1 heterocycles. The van der Waals surface area contributed by atoms with Crippen LogP contribution in [0.5, 0.6) is 5.75 Å². The van der Waals surface area contributed by atoms with Crippen molar-refractivity contribution in [1.82, 2.24) is 10.2 Å². The van der Waals surface area contributed by atoms with Crippen LogP contribution in [0.2, 0.25) is 0 Å². The first kappa shape index (κ1) is 16.4. The molecule has 6 heteroatoms. The van der Waals surface area contributed by atoms with Crippen LogP contribution in [0.15, 0.2) is 36.5 Å². The number of rotatable bonds is 6. The van der Waals surface area contributed by atoms with Crippen molar-refractivity contribution in [2.45, 2.75) is 25.5 Å². The van der Waals surface area contributed by atoms with Crippen LogP contribution in [-0.2, 0) is 0 Å². The average Bonchev–Trinajstić information content (AvgIpc) is 2.49. The second-order valence-corrected chi connectivity index (χ2v) is 5.35. The molecular weight excluding hydrogens is 290 g/mol. The molecule has 1 fully saturated rings. The van der Waals surface area contributed by atoms with Crippen LogP contribution in [0.3, 0.4) is 0 Å². The first-order valence-electron chi connectivity index (χ1n) is 7.25. The van der Waals surface area contributed by atoms with Crippen molar-refractivity contribution in [3.05, 3.63) is 42.1 Å². The number of piperidine rings is 1. The van der Waals surface area contributed by atoms with E-state index in [1.807, 2.05) is 0 Å². The molecular formula is C16H20F2N2O2. The van der Waals surface area contributed by atoms with Gasteiger partial charge in [0.25, 0.3) is 0 Å². The highest BCUT2D eigenvalue weighted by Gasteiger charge is 2.14. The van der Waals surface area contributed by atoms with Gasteiger partial charge in [-0.3, -0.25) is 4.79 Å². The van der Waals surface area contributed by atoms with E-state index in [0.29, 0.717) is 11.6 Å². The zero-order valence-corrected chi connectivity index (χ0v) is 12.5. The highest BCUT2D eigenvalue weighted by molar-refractivity contribution is 6.04. The van der Waals surface area contributed by atoms with E-state index in [1.54, 1.807) is 12.3 Å². The zero-order chi connectivity index (χ0) is 15.9. The maximum Gasteiger partial charge on any atom is 0.387 e. The molecule has 22 heavy (non-hydrogen) atoms. The third kappa shape index (κ3) is 5.11. The number of hydrogen-bond donors (Lipinski definition) is 1. The van der Waals surface area contributed by atoms with Gasteiger partial charge in [0.2, 0.25) is 0 Å². The standard InChI is InChI=1S/C16H20F2N2O2/c1-20-9-6-13(7-10-20)19-8-5-15(21)12-3-2-4-14(11-12)22-16(17)18/h2-5,8,11,13,16,19H,6-7,9-10H2,1H3. The molecule has 120 valence electrons. The third-order valence-corrected chi connectivity index (χ3v) is 3.63. The summed E-state index contributed by atoms with van der Waals surface area (Å²) in [5, 5.41) is 3.21. The van der Waals surface area contributed by atoms with Crippen LogP contribution in [0.4, 0.5) is 8.78 Å². The van der Waals surface area contributed by atoms with Crippen LogP contribution in [0, 0.1) is 0 Å². The summed E-state index contributed by atoms with van der Waals surface area (Å²) in [6.45, 7) is -0.828. The monoisotopic (exact) mass is 310 g/mol. The lowest BCUT2D eigenvalue weighted by molar-refractivity contribution is -0.0498. The molecule has 1 aromatic rings. The topological polar surface area (TPSA) is 41.6 Å². The number of nitrogens with zero attached hydrogens (tertiary/aromatic N) is 1. The van der Waals surface area contributed by atoms with Crippen LogP contribution < -0.4 is 10.1 Å². The average molecular weight is 310 g/mol. The Morgan fingerprint density at radius 1 is 1.41 bits per heavy atom. The largest absolute Gasteiger partial charge is 0.435 e. The van der Waals surface area contributed by atoms with Gasteiger partial charge < -0.3 is 15.0 Å². The summed E-state index contributed by atoms with van der Waals surface area (Å²) in [7, 11) is 2.09. The predicted octanol–water partition coefficient (Wildman–Crippen LogP) is 2.67. The molecule has 0 saturated carbocycles. The van der Waals surface area contributed by atoms with Gasteiger partial charge in [-0.2, -0.15) is 8.78 Å². The summed E-state index contributed by atoms with van der Waals surface area (Å²) in [6.07, 6.45) is 5.12. The summed E-state index contributed by atoms with van der Waals surface area (Å²) in [4.78, 5) is 14.3. The molecule has 0 atom stereocenters. The second-order valence-electron chi connectivity index (χ2n) is 5.35. The molecule has 4 nitrogen and oxygen atoms in total. The van der Waals surface area contributed by atoms with E-state index >= 15 is 0 Å². The second kappa shape index (κ2) is 7.89. The molecule has 1 saturated heterocycles. The maximum atomic E-state index is 12.2. The number of alkyl halides is 2. The van der Waals surface area contributed by atoms with Crippen LogP contribution in [0.25, 0.3) is 0 Å². The molecule has 0 amide bonds. The van der Waals surface area contributed by atoms with E-state index < -0.39 is 6.61 Å². The number of likely N-dealkylation sites (tertiary alicyclic amines) is 1. The number of ketones is 1. The Morgan fingerprint density at radius 2 is 2.14 bits per heavy atom. The van der Waals surface area contributed by atoms with Gasteiger partial charge in [-0.1, -0.05) is 12.1 Å². The fourth-order valence-corrected chi connectivity index (χ4v) is 2.36. The Hall–Kier alpha value is -1.95. The lowest BCUT2D eigenvalue weighted by atomic mass is 10.1. The zero-order valence-electron chi connectivity index (χ0n) is 12.5. The van der Waals surface area contributed by atoms with Gasteiger partial charge in [0.05, 0.1) is 0 Å². The number of nitrogens with one attached hydrogen (secondary N) is 1. The number of allylic oxidation sites excluding steroid dienone is 1. The predicted molar refractivity (Wildman–Crippen MR) is 80.2 cm³/mol. The molecule has 2 rings (SSSR count). The summed E-state index contributed by atoms with van der Waals surface area (Å²) in [5.41, 5.74) is 0.319. The Morgan fingerprint density at radius 3 is 2.82 bits per heavy atom. The quantitative estimate of drug-likeness (QED) is 0.648. The molecule has 0 aliphatic carbocycles. The summed E-state index contributed by atoms with van der Waals surface area (Å²) < 4.78 is 28.6. The highest BCUT2D eigenvalue weighted by atomic mass is 19.3. The Bertz CT molecular complexity index is 527. The Labute approximate surface area is 128 Å². The van der Waals surface area contributed by atoms with E-state index in [1.165, 1.54) is 24.3 Å². The summed E-state index contributed by atoms with van der Waals surface area (Å²) in [6, 6.07) is 6.16.